The van der Waals surface area contributed by atoms with Crippen LogP contribution in [0.2, 0.25) is 5.02 Å². The molecule has 0 fully saturated rings. The smallest absolute Gasteiger partial charge is 0.258 e. The third kappa shape index (κ3) is 4.00. The summed E-state index contributed by atoms with van der Waals surface area (Å²) < 4.78 is 10.6. The molecule has 1 amide bonds. The predicted octanol–water partition coefficient (Wildman–Crippen LogP) is 3.43. The Labute approximate surface area is 128 Å². The Morgan fingerprint density at radius 2 is 2.24 bits per heavy atom. The molecule has 0 radical (unpaired) electrons. The summed E-state index contributed by atoms with van der Waals surface area (Å²) in [4.78, 5) is 12.0. The molecule has 0 aliphatic heterocycles. The van der Waals surface area contributed by atoms with E-state index in [9.17, 15) is 4.79 Å². The standard InChI is InChI=1S/C15H17ClN2O3/c1-2-5-20-14-4-3-11(7-13(14)16)18-15(19)10-6-12(8-17)21-9-10/h3-4,6-7,9H,2,5,8,17H2,1H3,(H,18,19). The van der Waals surface area contributed by atoms with E-state index < -0.39 is 0 Å². The van der Waals surface area contributed by atoms with Crippen LogP contribution in [-0.4, -0.2) is 12.5 Å². The van der Waals surface area contributed by atoms with Crippen LogP contribution in [0.25, 0.3) is 0 Å². The van der Waals surface area contributed by atoms with Crippen LogP contribution in [0.3, 0.4) is 0 Å². The Bertz CT molecular complexity index is 625. The van der Waals surface area contributed by atoms with Crippen molar-refractivity contribution in [3.8, 4) is 5.75 Å². The monoisotopic (exact) mass is 308 g/mol. The Hall–Kier alpha value is -1.98. The van der Waals surface area contributed by atoms with Gasteiger partial charge in [0.05, 0.1) is 23.7 Å². The fourth-order valence-electron chi connectivity index (χ4n) is 1.72. The minimum atomic E-state index is -0.281. The highest BCUT2D eigenvalue weighted by Gasteiger charge is 2.11. The Morgan fingerprint density at radius 1 is 1.43 bits per heavy atom. The van der Waals surface area contributed by atoms with Crippen molar-refractivity contribution in [3.05, 3.63) is 46.9 Å². The van der Waals surface area contributed by atoms with E-state index in [4.69, 9.17) is 26.5 Å². The van der Waals surface area contributed by atoms with Crippen LogP contribution >= 0.6 is 11.6 Å². The van der Waals surface area contributed by atoms with Gasteiger partial charge in [-0.3, -0.25) is 4.79 Å². The maximum absolute atomic E-state index is 12.0. The van der Waals surface area contributed by atoms with Gasteiger partial charge in [0.2, 0.25) is 0 Å². The number of halogens is 1. The Kier molecular flexibility index (Phi) is 5.25. The second-order valence-corrected chi connectivity index (χ2v) is 4.86. The lowest BCUT2D eigenvalue weighted by Crippen LogP contribution is -2.11. The SMILES string of the molecule is CCCOc1ccc(NC(=O)c2coc(CN)c2)cc1Cl. The number of carbonyl (C=O) groups excluding carboxylic acids is 1. The summed E-state index contributed by atoms with van der Waals surface area (Å²) in [5.41, 5.74) is 6.44. The predicted molar refractivity (Wildman–Crippen MR) is 81.8 cm³/mol. The first-order chi connectivity index (χ1) is 10.1. The highest BCUT2D eigenvalue weighted by atomic mass is 35.5. The molecule has 0 spiro atoms. The number of furan rings is 1. The number of hydrogen-bond donors (Lipinski definition) is 2. The number of amides is 1. The molecule has 0 bridgehead atoms. The van der Waals surface area contributed by atoms with E-state index in [1.807, 2.05) is 6.92 Å². The summed E-state index contributed by atoms with van der Waals surface area (Å²) in [6.07, 6.45) is 2.27. The number of benzene rings is 1. The molecule has 0 saturated carbocycles. The lowest BCUT2D eigenvalue weighted by atomic mass is 10.2. The number of rotatable bonds is 6. The summed E-state index contributed by atoms with van der Waals surface area (Å²) in [6, 6.07) is 6.72. The van der Waals surface area contributed by atoms with Gasteiger partial charge in [0.15, 0.2) is 0 Å². The number of carbonyl (C=O) groups is 1. The van der Waals surface area contributed by atoms with E-state index >= 15 is 0 Å². The molecule has 0 saturated heterocycles. The molecule has 0 aliphatic rings. The molecular formula is C15H17ClN2O3. The minimum absolute atomic E-state index is 0.253. The van der Waals surface area contributed by atoms with E-state index in [-0.39, 0.29) is 12.5 Å². The molecule has 2 aromatic rings. The normalized spacial score (nSPS) is 10.4. The second kappa shape index (κ2) is 7.15. The van der Waals surface area contributed by atoms with Crippen LogP contribution in [0.15, 0.2) is 34.9 Å². The first-order valence-electron chi connectivity index (χ1n) is 6.65. The van der Waals surface area contributed by atoms with Crippen molar-refractivity contribution in [2.75, 3.05) is 11.9 Å². The van der Waals surface area contributed by atoms with Crippen LogP contribution in [0.1, 0.15) is 29.5 Å². The molecule has 3 N–H and O–H groups in total. The van der Waals surface area contributed by atoms with E-state index in [0.717, 1.165) is 6.42 Å². The molecule has 0 atom stereocenters. The van der Waals surface area contributed by atoms with Crippen LogP contribution in [0.5, 0.6) is 5.75 Å². The van der Waals surface area contributed by atoms with Gasteiger partial charge in [-0.2, -0.15) is 0 Å². The van der Waals surface area contributed by atoms with Gasteiger partial charge in [-0.05, 0) is 30.7 Å². The fourth-order valence-corrected chi connectivity index (χ4v) is 1.95. The van der Waals surface area contributed by atoms with E-state index in [0.29, 0.717) is 34.4 Å². The average molecular weight is 309 g/mol. The van der Waals surface area contributed by atoms with Crippen LogP contribution in [0.4, 0.5) is 5.69 Å². The van der Waals surface area contributed by atoms with E-state index in [1.54, 1.807) is 24.3 Å². The zero-order chi connectivity index (χ0) is 15.2. The van der Waals surface area contributed by atoms with Crippen LogP contribution < -0.4 is 15.8 Å². The molecule has 5 nitrogen and oxygen atoms in total. The maximum Gasteiger partial charge on any atom is 0.258 e. The lowest BCUT2D eigenvalue weighted by molar-refractivity contribution is 0.102. The molecule has 0 unspecified atom stereocenters. The molecule has 0 aliphatic carbocycles. The molecule has 1 heterocycles. The van der Waals surface area contributed by atoms with E-state index in [2.05, 4.69) is 5.32 Å². The lowest BCUT2D eigenvalue weighted by Gasteiger charge is -2.09. The van der Waals surface area contributed by atoms with Gasteiger partial charge in [-0.25, -0.2) is 0 Å². The van der Waals surface area contributed by atoms with Crippen molar-refractivity contribution in [1.82, 2.24) is 0 Å². The first-order valence-corrected chi connectivity index (χ1v) is 7.03. The molecule has 112 valence electrons. The third-order valence-electron chi connectivity index (χ3n) is 2.77. The van der Waals surface area contributed by atoms with Crippen LogP contribution in [0, 0.1) is 0 Å². The third-order valence-corrected chi connectivity index (χ3v) is 3.06. The quantitative estimate of drug-likeness (QED) is 0.857. The molecule has 1 aromatic heterocycles. The highest BCUT2D eigenvalue weighted by Crippen LogP contribution is 2.28. The second-order valence-electron chi connectivity index (χ2n) is 4.45. The zero-order valence-corrected chi connectivity index (χ0v) is 12.4. The van der Waals surface area contributed by atoms with Crippen molar-refractivity contribution in [1.29, 1.82) is 0 Å². The highest BCUT2D eigenvalue weighted by molar-refractivity contribution is 6.32. The van der Waals surface area contributed by atoms with Gasteiger partial charge in [0.1, 0.15) is 17.8 Å². The van der Waals surface area contributed by atoms with Gasteiger partial charge in [0.25, 0.3) is 5.91 Å². The maximum atomic E-state index is 12.0. The van der Waals surface area contributed by atoms with Crippen molar-refractivity contribution in [2.45, 2.75) is 19.9 Å². The van der Waals surface area contributed by atoms with Gasteiger partial charge in [-0.15, -0.1) is 0 Å². The summed E-state index contributed by atoms with van der Waals surface area (Å²) in [6.45, 7) is 2.87. The number of anilines is 1. The largest absolute Gasteiger partial charge is 0.492 e. The Balaban J connectivity index is 2.05. The summed E-state index contributed by atoms with van der Waals surface area (Å²) in [5, 5.41) is 3.19. The van der Waals surface area contributed by atoms with Crippen molar-refractivity contribution >= 4 is 23.2 Å². The molecular weight excluding hydrogens is 292 g/mol. The molecule has 2 rings (SSSR count). The summed E-state index contributed by atoms with van der Waals surface area (Å²) in [7, 11) is 0. The first kappa shape index (κ1) is 15.4. The van der Waals surface area contributed by atoms with Gasteiger partial charge in [-0.1, -0.05) is 18.5 Å². The van der Waals surface area contributed by atoms with Crippen molar-refractivity contribution in [2.24, 2.45) is 5.73 Å². The number of hydrogen-bond acceptors (Lipinski definition) is 4. The molecule has 21 heavy (non-hydrogen) atoms. The van der Waals surface area contributed by atoms with E-state index in [1.165, 1.54) is 6.26 Å². The zero-order valence-electron chi connectivity index (χ0n) is 11.7. The number of ether oxygens (including phenoxy) is 1. The Morgan fingerprint density at radius 3 is 2.86 bits per heavy atom. The average Bonchev–Trinajstić information content (AvgIpc) is 2.95. The van der Waals surface area contributed by atoms with Gasteiger partial charge < -0.3 is 20.2 Å². The van der Waals surface area contributed by atoms with Gasteiger partial charge >= 0.3 is 0 Å². The van der Waals surface area contributed by atoms with Crippen molar-refractivity contribution in [3.63, 3.8) is 0 Å². The molecule has 1 aromatic carbocycles. The summed E-state index contributed by atoms with van der Waals surface area (Å²) >= 11 is 6.11. The molecule has 6 heteroatoms. The van der Waals surface area contributed by atoms with Gasteiger partial charge in [0, 0.05) is 5.69 Å². The minimum Gasteiger partial charge on any atom is -0.492 e. The number of nitrogens with one attached hydrogen (secondary N) is 1. The number of nitrogens with two attached hydrogens (primary N) is 1. The summed E-state index contributed by atoms with van der Waals surface area (Å²) in [5.74, 6) is 0.878. The van der Waals surface area contributed by atoms with Crippen LogP contribution in [-0.2, 0) is 6.54 Å². The fraction of sp³-hybridized carbons (Fsp3) is 0.267. The van der Waals surface area contributed by atoms with Crippen molar-refractivity contribution < 1.29 is 13.9 Å². The topological polar surface area (TPSA) is 77.5 Å².